The van der Waals surface area contributed by atoms with Gasteiger partial charge >= 0.3 is 0 Å². The molecule has 0 aliphatic rings. The van der Waals surface area contributed by atoms with Crippen LogP contribution in [0.2, 0.25) is 5.02 Å². The summed E-state index contributed by atoms with van der Waals surface area (Å²) in [6.45, 7) is 2.32. The Morgan fingerprint density at radius 3 is 2.38 bits per heavy atom. The summed E-state index contributed by atoms with van der Waals surface area (Å²) < 4.78 is 27.2. The van der Waals surface area contributed by atoms with Crippen molar-refractivity contribution in [3.05, 3.63) is 76.8 Å². The monoisotopic (exact) mass is 388 g/mol. The van der Waals surface area contributed by atoms with Crippen molar-refractivity contribution in [2.75, 3.05) is 10.0 Å². The molecule has 8 heteroatoms. The van der Waals surface area contributed by atoms with Crippen LogP contribution < -0.4 is 10.0 Å². The van der Waals surface area contributed by atoms with E-state index in [4.69, 9.17) is 11.6 Å². The van der Waals surface area contributed by atoms with E-state index >= 15 is 0 Å². The van der Waals surface area contributed by atoms with Crippen molar-refractivity contribution in [3.8, 4) is 0 Å². The number of sulfonamides is 1. The second kappa shape index (κ2) is 7.72. The molecule has 0 aliphatic heterocycles. The molecule has 0 amide bonds. The van der Waals surface area contributed by atoms with Crippen molar-refractivity contribution >= 4 is 33.3 Å². The van der Waals surface area contributed by atoms with Gasteiger partial charge in [-0.3, -0.25) is 4.72 Å². The minimum atomic E-state index is -3.70. The van der Waals surface area contributed by atoms with Gasteiger partial charge in [-0.2, -0.15) is 0 Å². The summed E-state index contributed by atoms with van der Waals surface area (Å²) in [4.78, 5) is 0.181. The van der Waals surface area contributed by atoms with Crippen LogP contribution in [0.4, 0.5) is 11.6 Å². The average molecular weight is 389 g/mol. The lowest BCUT2D eigenvalue weighted by molar-refractivity contribution is 0.601. The van der Waals surface area contributed by atoms with Crippen LogP contribution in [-0.2, 0) is 16.6 Å². The number of nitrogens with one attached hydrogen (secondary N) is 2. The summed E-state index contributed by atoms with van der Waals surface area (Å²) >= 11 is 6.10. The van der Waals surface area contributed by atoms with Crippen LogP contribution >= 0.6 is 11.6 Å². The molecule has 2 aromatic carbocycles. The highest BCUT2D eigenvalue weighted by atomic mass is 35.5. The second-order valence-electron chi connectivity index (χ2n) is 5.67. The summed E-state index contributed by atoms with van der Waals surface area (Å²) in [7, 11) is -3.70. The number of aromatic nitrogens is 2. The molecular formula is C18H17ClN4O2S. The number of hydrogen-bond acceptors (Lipinski definition) is 5. The first-order chi connectivity index (χ1) is 12.4. The second-order valence-corrected chi connectivity index (χ2v) is 7.76. The van der Waals surface area contributed by atoms with Crippen LogP contribution in [0.15, 0.2) is 65.6 Å². The Hall–Kier alpha value is -2.64. The van der Waals surface area contributed by atoms with Crippen molar-refractivity contribution in [2.45, 2.75) is 18.4 Å². The third-order valence-electron chi connectivity index (χ3n) is 3.62. The van der Waals surface area contributed by atoms with Crippen LogP contribution in [0, 0.1) is 6.92 Å². The lowest BCUT2D eigenvalue weighted by atomic mass is 10.2. The van der Waals surface area contributed by atoms with Gasteiger partial charge in [0.1, 0.15) is 5.82 Å². The minimum absolute atomic E-state index is 0.148. The zero-order chi connectivity index (χ0) is 18.6. The predicted octanol–water partition coefficient (Wildman–Crippen LogP) is 3.85. The van der Waals surface area contributed by atoms with Gasteiger partial charge in [0.05, 0.1) is 4.90 Å². The van der Waals surface area contributed by atoms with E-state index in [2.05, 4.69) is 20.2 Å². The fraction of sp³-hybridized carbons (Fsp3) is 0.111. The summed E-state index contributed by atoms with van der Waals surface area (Å²) in [6.07, 6.45) is 0. The van der Waals surface area contributed by atoms with Gasteiger partial charge in [-0.05, 0) is 48.4 Å². The molecule has 0 bridgehead atoms. The highest BCUT2D eigenvalue weighted by Crippen LogP contribution is 2.18. The Kier molecular flexibility index (Phi) is 5.39. The zero-order valence-electron chi connectivity index (χ0n) is 14.0. The molecule has 0 saturated heterocycles. The Bertz CT molecular complexity index is 1010. The Labute approximate surface area is 157 Å². The lowest BCUT2D eigenvalue weighted by Gasteiger charge is -2.09. The Morgan fingerprint density at radius 1 is 0.962 bits per heavy atom. The van der Waals surface area contributed by atoms with E-state index < -0.39 is 10.0 Å². The number of halogens is 1. The minimum Gasteiger partial charge on any atom is -0.364 e. The van der Waals surface area contributed by atoms with Gasteiger partial charge in [0.25, 0.3) is 10.0 Å². The Morgan fingerprint density at radius 2 is 1.69 bits per heavy atom. The molecule has 0 atom stereocenters. The van der Waals surface area contributed by atoms with Gasteiger partial charge in [-0.15, -0.1) is 10.2 Å². The van der Waals surface area contributed by atoms with Gasteiger partial charge in [0, 0.05) is 11.6 Å². The number of rotatable bonds is 6. The van der Waals surface area contributed by atoms with Crippen molar-refractivity contribution < 1.29 is 8.42 Å². The van der Waals surface area contributed by atoms with E-state index in [1.807, 2.05) is 37.3 Å². The van der Waals surface area contributed by atoms with Crippen LogP contribution in [-0.4, -0.2) is 18.6 Å². The molecule has 0 saturated carbocycles. The van der Waals surface area contributed by atoms with Crippen LogP contribution in [0.25, 0.3) is 0 Å². The first-order valence-corrected chi connectivity index (χ1v) is 9.71. The van der Waals surface area contributed by atoms with Gasteiger partial charge in [-0.25, -0.2) is 8.42 Å². The Balaban J connectivity index is 1.67. The maximum absolute atomic E-state index is 12.4. The van der Waals surface area contributed by atoms with Crippen molar-refractivity contribution in [3.63, 3.8) is 0 Å². The molecular weight excluding hydrogens is 372 g/mol. The van der Waals surface area contributed by atoms with Crippen LogP contribution in [0.5, 0.6) is 0 Å². The molecule has 26 heavy (non-hydrogen) atoms. The average Bonchev–Trinajstić information content (AvgIpc) is 2.62. The molecule has 0 radical (unpaired) electrons. The summed E-state index contributed by atoms with van der Waals surface area (Å²) in [5, 5.41) is 11.7. The molecule has 0 unspecified atom stereocenters. The summed E-state index contributed by atoms with van der Waals surface area (Å²) in [5.74, 6) is 0.665. The molecule has 6 nitrogen and oxygen atoms in total. The first-order valence-electron chi connectivity index (χ1n) is 7.84. The molecule has 1 heterocycles. The standard InChI is InChI=1S/C18H17ClN4O2S/c1-13-5-4-7-15(11-13)26(24,25)23-18-10-9-17(21-22-18)20-12-14-6-2-3-8-16(14)19/h2-11H,12H2,1H3,(H,20,21)(H,22,23). The summed E-state index contributed by atoms with van der Waals surface area (Å²) in [5.41, 5.74) is 1.79. The number of benzene rings is 2. The fourth-order valence-corrected chi connectivity index (χ4v) is 3.59. The van der Waals surface area contributed by atoms with E-state index in [0.717, 1.165) is 11.1 Å². The maximum Gasteiger partial charge on any atom is 0.263 e. The highest BCUT2D eigenvalue weighted by molar-refractivity contribution is 7.92. The molecule has 0 aliphatic carbocycles. The topological polar surface area (TPSA) is 84.0 Å². The number of nitrogens with zero attached hydrogens (tertiary/aromatic N) is 2. The normalized spacial score (nSPS) is 11.2. The molecule has 3 aromatic rings. The fourth-order valence-electron chi connectivity index (χ4n) is 2.29. The molecule has 134 valence electrons. The first kappa shape index (κ1) is 18.2. The SMILES string of the molecule is Cc1cccc(S(=O)(=O)Nc2ccc(NCc3ccccc3Cl)nn2)c1. The summed E-state index contributed by atoms with van der Waals surface area (Å²) in [6, 6.07) is 17.3. The van der Waals surface area contributed by atoms with Gasteiger partial charge < -0.3 is 5.32 Å². The molecule has 0 spiro atoms. The molecule has 2 N–H and O–H groups in total. The van der Waals surface area contributed by atoms with E-state index in [1.165, 1.54) is 6.07 Å². The van der Waals surface area contributed by atoms with Crippen LogP contribution in [0.3, 0.4) is 0 Å². The number of anilines is 2. The van der Waals surface area contributed by atoms with Crippen molar-refractivity contribution in [1.82, 2.24) is 10.2 Å². The third-order valence-corrected chi connectivity index (χ3v) is 5.34. The van der Waals surface area contributed by atoms with Crippen molar-refractivity contribution in [1.29, 1.82) is 0 Å². The molecule has 3 rings (SSSR count). The van der Waals surface area contributed by atoms with E-state index in [9.17, 15) is 8.42 Å². The number of hydrogen-bond donors (Lipinski definition) is 2. The quantitative estimate of drug-likeness (QED) is 0.670. The van der Waals surface area contributed by atoms with E-state index in [-0.39, 0.29) is 10.7 Å². The van der Waals surface area contributed by atoms with Gasteiger partial charge in [0.2, 0.25) is 0 Å². The maximum atomic E-state index is 12.4. The zero-order valence-corrected chi connectivity index (χ0v) is 15.6. The van der Waals surface area contributed by atoms with Gasteiger partial charge in [0.15, 0.2) is 5.82 Å². The molecule has 0 fully saturated rings. The van der Waals surface area contributed by atoms with Gasteiger partial charge in [-0.1, -0.05) is 41.9 Å². The molecule has 1 aromatic heterocycles. The van der Waals surface area contributed by atoms with Crippen molar-refractivity contribution in [2.24, 2.45) is 0 Å². The third kappa shape index (κ3) is 4.50. The smallest absolute Gasteiger partial charge is 0.263 e. The lowest BCUT2D eigenvalue weighted by Crippen LogP contribution is -2.14. The highest BCUT2D eigenvalue weighted by Gasteiger charge is 2.15. The predicted molar refractivity (Wildman–Crippen MR) is 103 cm³/mol. The van der Waals surface area contributed by atoms with E-state index in [0.29, 0.717) is 17.4 Å². The largest absolute Gasteiger partial charge is 0.364 e. The number of aryl methyl sites for hydroxylation is 1. The van der Waals surface area contributed by atoms with E-state index in [1.54, 1.807) is 24.3 Å². The van der Waals surface area contributed by atoms with Crippen LogP contribution in [0.1, 0.15) is 11.1 Å².